The van der Waals surface area contributed by atoms with Crippen LogP contribution in [0.1, 0.15) is 42.1 Å². The van der Waals surface area contributed by atoms with Gasteiger partial charge in [-0.15, -0.1) is 11.3 Å². The zero-order chi connectivity index (χ0) is 13.4. The van der Waals surface area contributed by atoms with Crippen molar-refractivity contribution in [2.45, 2.75) is 52.9 Å². The van der Waals surface area contributed by atoms with Crippen LogP contribution in [0.15, 0.2) is 6.07 Å². The van der Waals surface area contributed by atoms with E-state index >= 15 is 0 Å². The van der Waals surface area contributed by atoms with E-state index in [0.29, 0.717) is 30.1 Å². The van der Waals surface area contributed by atoms with Gasteiger partial charge in [0.15, 0.2) is 0 Å². The summed E-state index contributed by atoms with van der Waals surface area (Å²) >= 11 is 1.92. The molecule has 0 spiro atoms. The fraction of sp³-hybridized carbons (Fsp3) is 0.733. The maximum absolute atomic E-state index is 6.00. The fourth-order valence-electron chi connectivity index (χ4n) is 3.33. The Kier molecular flexibility index (Phi) is 4.15. The third-order valence-corrected chi connectivity index (χ3v) is 5.61. The first kappa shape index (κ1) is 14.0. The molecule has 3 heteroatoms. The van der Waals surface area contributed by atoms with Crippen LogP contribution in [0.2, 0.25) is 0 Å². The summed E-state index contributed by atoms with van der Waals surface area (Å²) < 4.78 is 6.00. The molecule has 0 bridgehead atoms. The minimum atomic E-state index is 0.328. The number of ether oxygens (including phenoxy) is 1. The number of hydrogen-bond donors (Lipinski definition) is 1. The average molecular weight is 267 g/mol. The molecule has 1 saturated heterocycles. The molecule has 2 rings (SSSR count). The summed E-state index contributed by atoms with van der Waals surface area (Å²) in [5, 5.41) is 3.53. The largest absolute Gasteiger partial charge is 0.375 e. The molecule has 5 atom stereocenters. The van der Waals surface area contributed by atoms with Crippen LogP contribution in [-0.2, 0) is 4.74 Å². The van der Waals surface area contributed by atoms with Gasteiger partial charge in [0.2, 0.25) is 0 Å². The Hall–Kier alpha value is -0.380. The van der Waals surface area contributed by atoms with Crippen LogP contribution >= 0.6 is 11.3 Å². The summed E-state index contributed by atoms with van der Waals surface area (Å²) in [6.07, 6.45) is 0.691. The zero-order valence-corrected chi connectivity index (χ0v) is 13.1. The van der Waals surface area contributed by atoms with Crippen LogP contribution in [0, 0.1) is 25.7 Å². The van der Waals surface area contributed by atoms with E-state index in [1.165, 1.54) is 15.3 Å². The molecule has 5 unspecified atom stereocenters. The van der Waals surface area contributed by atoms with E-state index in [9.17, 15) is 0 Å². The van der Waals surface area contributed by atoms with Gasteiger partial charge in [0, 0.05) is 21.7 Å². The smallest absolute Gasteiger partial charge is 0.0600 e. The predicted octanol–water partition coefficient (Wildman–Crippen LogP) is 3.68. The molecule has 1 fully saturated rings. The molecule has 1 aromatic heterocycles. The molecule has 18 heavy (non-hydrogen) atoms. The molecule has 0 saturated carbocycles. The highest BCUT2D eigenvalue weighted by atomic mass is 32.1. The summed E-state index contributed by atoms with van der Waals surface area (Å²) in [6, 6.07) is 2.71. The molecule has 2 heterocycles. The first-order valence-electron chi connectivity index (χ1n) is 6.85. The average Bonchev–Trinajstić information content (AvgIpc) is 2.74. The Balaban J connectivity index is 2.31. The maximum Gasteiger partial charge on any atom is 0.0600 e. The molecule has 1 aromatic rings. The van der Waals surface area contributed by atoms with Crippen LogP contribution in [0.4, 0.5) is 0 Å². The normalized spacial score (nSPS) is 33.9. The lowest BCUT2D eigenvalue weighted by atomic mass is 9.82. The van der Waals surface area contributed by atoms with Crippen LogP contribution in [0.3, 0.4) is 0 Å². The first-order chi connectivity index (χ1) is 8.45. The Morgan fingerprint density at radius 1 is 1.22 bits per heavy atom. The van der Waals surface area contributed by atoms with Crippen molar-refractivity contribution in [3.63, 3.8) is 0 Å². The Bertz CT molecular complexity index is 415. The van der Waals surface area contributed by atoms with E-state index in [2.05, 4.69) is 53.0 Å². The monoisotopic (exact) mass is 267 g/mol. The van der Waals surface area contributed by atoms with Crippen LogP contribution in [0.25, 0.3) is 0 Å². The van der Waals surface area contributed by atoms with Gasteiger partial charge in [0.05, 0.1) is 12.2 Å². The molecule has 102 valence electrons. The molecule has 0 aliphatic carbocycles. The Labute approximate surface area is 115 Å². The summed E-state index contributed by atoms with van der Waals surface area (Å²) in [6.45, 7) is 11.1. The SMILES string of the molecule is CNC(c1sc(C)cc1C)C1C(C)OC(C)C1C. The lowest BCUT2D eigenvalue weighted by Gasteiger charge is -2.28. The van der Waals surface area contributed by atoms with Gasteiger partial charge in [0.1, 0.15) is 0 Å². The predicted molar refractivity (Wildman–Crippen MR) is 78.3 cm³/mol. The zero-order valence-electron chi connectivity index (χ0n) is 12.3. The van der Waals surface area contributed by atoms with Crippen molar-refractivity contribution in [1.82, 2.24) is 5.32 Å². The quantitative estimate of drug-likeness (QED) is 0.902. The van der Waals surface area contributed by atoms with Gasteiger partial charge in [-0.3, -0.25) is 0 Å². The van der Waals surface area contributed by atoms with Crippen molar-refractivity contribution in [1.29, 1.82) is 0 Å². The molecule has 1 aliphatic heterocycles. The molecule has 1 aliphatic rings. The van der Waals surface area contributed by atoms with E-state index in [1.54, 1.807) is 0 Å². The van der Waals surface area contributed by atoms with Gasteiger partial charge in [-0.25, -0.2) is 0 Å². The highest BCUT2D eigenvalue weighted by molar-refractivity contribution is 7.12. The van der Waals surface area contributed by atoms with Crippen LogP contribution in [0.5, 0.6) is 0 Å². The molecular weight excluding hydrogens is 242 g/mol. The van der Waals surface area contributed by atoms with Gasteiger partial charge in [-0.1, -0.05) is 6.92 Å². The number of rotatable bonds is 3. The summed E-state index contributed by atoms with van der Waals surface area (Å²) in [4.78, 5) is 2.88. The minimum absolute atomic E-state index is 0.328. The summed E-state index contributed by atoms with van der Waals surface area (Å²) in [7, 11) is 2.07. The molecule has 0 amide bonds. The topological polar surface area (TPSA) is 21.3 Å². The summed E-state index contributed by atoms with van der Waals surface area (Å²) in [5.74, 6) is 1.15. The maximum atomic E-state index is 6.00. The number of nitrogens with one attached hydrogen (secondary N) is 1. The second-order valence-corrected chi connectivity index (χ2v) is 6.94. The number of hydrogen-bond acceptors (Lipinski definition) is 3. The van der Waals surface area contributed by atoms with E-state index in [0.717, 1.165) is 0 Å². The van der Waals surface area contributed by atoms with Gasteiger partial charge in [0.25, 0.3) is 0 Å². The minimum Gasteiger partial charge on any atom is -0.375 e. The van der Waals surface area contributed by atoms with Crippen LogP contribution < -0.4 is 5.32 Å². The van der Waals surface area contributed by atoms with Gasteiger partial charge in [-0.2, -0.15) is 0 Å². The number of aryl methyl sites for hydroxylation is 2. The molecular formula is C15H25NOS. The van der Waals surface area contributed by atoms with Crippen molar-refractivity contribution < 1.29 is 4.74 Å². The second-order valence-electron chi connectivity index (χ2n) is 5.65. The standard InChI is InChI=1S/C15H25NOS/c1-8-7-9(2)18-15(8)14(16-6)13-10(3)11(4)17-12(13)5/h7,10-14,16H,1-6H3. The van der Waals surface area contributed by atoms with Crippen LogP contribution in [-0.4, -0.2) is 19.3 Å². The lowest BCUT2D eigenvalue weighted by Crippen LogP contribution is -2.32. The van der Waals surface area contributed by atoms with Gasteiger partial charge >= 0.3 is 0 Å². The van der Waals surface area contributed by atoms with Crippen molar-refractivity contribution >= 4 is 11.3 Å². The van der Waals surface area contributed by atoms with E-state index in [1.807, 2.05) is 11.3 Å². The molecule has 0 aromatic carbocycles. The Morgan fingerprint density at radius 2 is 1.89 bits per heavy atom. The van der Waals surface area contributed by atoms with E-state index in [4.69, 9.17) is 4.74 Å². The van der Waals surface area contributed by atoms with Gasteiger partial charge < -0.3 is 10.1 Å². The highest BCUT2D eigenvalue weighted by Crippen LogP contribution is 2.43. The second kappa shape index (κ2) is 5.32. The van der Waals surface area contributed by atoms with Crippen molar-refractivity contribution in [3.05, 3.63) is 21.4 Å². The highest BCUT2D eigenvalue weighted by Gasteiger charge is 2.42. The molecule has 1 N–H and O–H groups in total. The third-order valence-electron chi connectivity index (χ3n) is 4.38. The first-order valence-corrected chi connectivity index (χ1v) is 7.67. The lowest BCUT2D eigenvalue weighted by molar-refractivity contribution is 0.0479. The summed E-state index contributed by atoms with van der Waals surface area (Å²) in [5.41, 5.74) is 1.41. The molecule has 2 nitrogen and oxygen atoms in total. The van der Waals surface area contributed by atoms with Crippen molar-refractivity contribution in [2.24, 2.45) is 11.8 Å². The number of thiophene rings is 1. The third kappa shape index (κ3) is 2.36. The Morgan fingerprint density at radius 3 is 2.28 bits per heavy atom. The van der Waals surface area contributed by atoms with E-state index < -0.39 is 0 Å². The van der Waals surface area contributed by atoms with Gasteiger partial charge in [-0.05, 0) is 52.3 Å². The van der Waals surface area contributed by atoms with Crippen molar-refractivity contribution in [3.8, 4) is 0 Å². The molecule has 0 radical (unpaired) electrons. The fourth-order valence-corrected chi connectivity index (χ4v) is 4.54. The van der Waals surface area contributed by atoms with E-state index in [-0.39, 0.29) is 0 Å². The van der Waals surface area contributed by atoms with Crippen molar-refractivity contribution in [2.75, 3.05) is 7.05 Å².